The van der Waals surface area contributed by atoms with Gasteiger partial charge >= 0.3 is 6.01 Å². The van der Waals surface area contributed by atoms with Crippen molar-refractivity contribution in [2.45, 2.75) is 26.9 Å². The van der Waals surface area contributed by atoms with E-state index in [1.807, 2.05) is 26.8 Å². The van der Waals surface area contributed by atoms with Gasteiger partial charge in [-0.1, -0.05) is 13.2 Å². The summed E-state index contributed by atoms with van der Waals surface area (Å²) in [5.41, 5.74) is 2.24. The number of allylic oxidation sites excluding steroid dienone is 2. The van der Waals surface area contributed by atoms with Crippen LogP contribution in [0, 0.1) is 18.3 Å². The molecule has 5 nitrogen and oxygen atoms in total. The summed E-state index contributed by atoms with van der Waals surface area (Å²) < 4.78 is 5.40. The fraction of sp³-hybridized carbons (Fsp3) is 0.286. The standard InChI is InChI=1S/C14H16N4O/c1-9(2)19-14-17-8-13(12(5)18-14)10(3)7-16-11(4)6-15/h7-9H,3-4H2,1-2,5H3. The molecular formula is C14H16N4O. The minimum atomic E-state index is 0.0222. The summed E-state index contributed by atoms with van der Waals surface area (Å²) in [6, 6.07) is 2.17. The van der Waals surface area contributed by atoms with Crippen molar-refractivity contribution < 1.29 is 4.74 Å². The highest BCUT2D eigenvalue weighted by Crippen LogP contribution is 2.16. The highest BCUT2D eigenvalue weighted by Gasteiger charge is 2.07. The molecule has 0 saturated heterocycles. The molecule has 0 aliphatic carbocycles. The number of aromatic nitrogens is 2. The Morgan fingerprint density at radius 1 is 1.53 bits per heavy atom. The maximum absolute atomic E-state index is 8.56. The van der Waals surface area contributed by atoms with E-state index in [1.165, 1.54) is 6.21 Å². The lowest BCUT2D eigenvalue weighted by atomic mass is 10.1. The summed E-state index contributed by atoms with van der Waals surface area (Å²) in [6.45, 7) is 13.0. The molecule has 0 saturated carbocycles. The van der Waals surface area contributed by atoms with E-state index in [-0.39, 0.29) is 11.8 Å². The molecule has 5 heteroatoms. The first-order valence-electron chi connectivity index (χ1n) is 5.76. The zero-order valence-electron chi connectivity index (χ0n) is 11.3. The van der Waals surface area contributed by atoms with Crippen molar-refractivity contribution in [1.29, 1.82) is 5.26 Å². The zero-order valence-corrected chi connectivity index (χ0v) is 11.3. The molecule has 0 amide bonds. The Hall–Kier alpha value is -2.48. The summed E-state index contributed by atoms with van der Waals surface area (Å²) in [5.74, 6) is 0. The smallest absolute Gasteiger partial charge is 0.316 e. The second kappa shape index (κ2) is 6.45. The summed E-state index contributed by atoms with van der Waals surface area (Å²) in [4.78, 5) is 12.2. The number of nitrogens with zero attached hydrogens (tertiary/aromatic N) is 4. The van der Waals surface area contributed by atoms with Gasteiger partial charge in [0.2, 0.25) is 0 Å². The molecule has 1 heterocycles. The van der Waals surface area contributed by atoms with Crippen LogP contribution in [0.4, 0.5) is 0 Å². The van der Waals surface area contributed by atoms with E-state index >= 15 is 0 Å². The molecule has 0 aromatic carbocycles. The largest absolute Gasteiger partial charge is 0.461 e. The van der Waals surface area contributed by atoms with Crippen molar-refractivity contribution in [2.24, 2.45) is 4.99 Å². The maximum Gasteiger partial charge on any atom is 0.316 e. The van der Waals surface area contributed by atoms with E-state index in [1.54, 1.807) is 6.20 Å². The molecule has 1 aromatic rings. The first-order chi connectivity index (χ1) is 8.93. The highest BCUT2D eigenvalue weighted by atomic mass is 16.5. The molecule has 0 fully saturated rings. The molecule has 0 unspecified atom stereocenters. The third-order valence-corrected chi connectivity index (χ3v) is 2.15. The van der Waals surface area contributed by atoms with Gasteiger partial charge in [-0.15, -0.1) is 0 Å². The number of rotatable bonds is 5. The molecule has 0 N–H and O–H groups in total. The van der Waals surface area contributed by atoms with Gasteiger partial charge in [-0.25, -0.2) is 9.98 Å². The molecule has 0 aliphatic rings. The lowest BCUT2D eigenvalue weighted by molar-refractivity contribution is 0.221. The first kappa shape index (κ1) is 14.6. The van der Waals surface area contributed by atoms with Crippen LogP contribution in [0.1, 0.15) is 25.1 Å². The fourth-order valence-corrected chi connectivity index (χ4v) is 1.28. The van der Waals surface area contributed by atoms with Gasteiger partial charge in [0.1, 0.15) is 11.8 Å². The van der Waals surface area contributed by atoms with Crippen LogP contribution in [0.2, 0.25) is 0 Å². The SMILES string of the molecule is C=C(C#N)N=CC(=C)c1cnc(OC(C)C)nc1C. The molecular weight excluding hydrogens is 240 g/mol. The fourth-order valence-electron chi connectivity index (χ4n) is 1.28. The van der Waals surface area contributed by atoms with E-state index in [4.69, 9.17) is 10.00 Å². The van der Waals surface area contributed by atoms with Crippen molar-refractivity contribution in [1.82, 2.24) is 9.97 Å². The Bertz CT molecular complexity index is 567. The molecule has 98 valence electrons. The summed E-state index contributed by atoms with van der Waals surface area (Å²) in [6.07, 6.45) is 3.12. The minimum Gasteiger partial charge on any atom is -0.461 e. The number of aliphatic imine (C=N–C) groups is 1. The van der Waals surface area contributed by atoms with E-state index in [0.717, 1.165) is 11.3 Å². The lowest BCUT2D eigenvalue weighted by Crippen LogP contribution is -2.09. The van der Waals surface area contributed by atoms with Crippen molar-refractivity contribution >= 4 is 11.8 Å². The number of hydrogen-bond acceptors (Lipinski definition) is 5. The average Bonchev–Trinajstić information content (AvgIpc) is 2.34. The predicted octanol–water partition coefficient (Wildman–Crippen LogP) is 2.69. The molecule has 1 rings (SSSR count). The third-order valence-electron chi connectivity index (χ3n) is 2.15. The van der Waals surface area contributed by atoms with Gasteiger partial charge < -0.3 is 4.74 Å². The second-order valence-corrected chi connectivity index (χ2v) is 4.16. The topological polar surface area (TPSA) is 71.2 Å². The summed E-state index contributed by atoms with van der Waals surface area (Å²) >= 11 is 0. The van der Waals surface area contributed by atoms with Gasteiger partial charge in [0.15, 0.2) is 0 Å². The van der Waals surface area contributed by atoms with Gasteiger partial charge in [0.25, 0.3) is 0 Å². The van der Waals surface area contributed by atoms with Crippen LogP contribution in [-0.4, -0.2) is 22.3 Å². The van der Waals surface area contributed by atoms with Gasteiger partial charge in [-0.3, -0.25) is 0 Å². The minimum absolute atomic E-state index is 0.0222. The predicted molar refractivity (Wildman–Crippen MR) is 74.8 cm³/mol. The van der Waals surface area contributed by atoms with Crippen LogP contribution in [-0.2, 0) is 0 Å². The van der Waals surface area contributed by atoms with Gasteiger partial charge in [0, 0.05) is 18.0 Å². The molecule has 0 atom stereocenters. The van der Waals surface area contributed by atoms with Crippen molar-refractivity contribution in [3.8, 4) is 12.1 Å². The van der Waals surface area contributed by atoms with Crippen LogP contribution in [0.3, 0.4) is 0 Å². The first-order valence-corrected chi connectivity index (χ1v) is 5.76. The van der Waals surface area contributed by atoms with Gasteiger partial charge in [-0.05, 0) is 26.3 Å². The Balaban J connectivity index is 2.91. The Labute approximate surface area is 113 Å². The van der Waals surface area contributed by atoms with Crippen LogP contribution in [0.25, 0.3) is 5.57 Å². The second-order valence-electron chi connectivity index (χ2n) is 4.16. The van der Waals surface area contributed by atoms with Gasteiger partial charge in [-0.2, -0.15) is 10.2 Å². The van der Waals surface area contributed by atoms with Crippen molar-refractivity contribution in [3.05, 3.63) is 36.3 Å². The van der Waals surface area contributed by atoms with Crippen LogP contribution in [0.5, 0.6) is 6.01 Å². The molecule has 0 radical (unpaired) electrons. The van der Waals surface area contributed by atoms with Crippen LogP contribution < -0.4 is 4.74 Å². The van der Waals surface area contributed by atoms with Gasteiger partial charge in [0.05, 0.1) is 11.8 Å². The number of hydrogen-bond donors (Lipinski definition) is 0. The van der Waals surface area contributed by atoms with Crippen molar-refractivity contribution in [2.75, 3.05) is 0 Å². The Morgan fingerprint density at radius 2 is 2.21 bits per heavy atom. The molecule has 19 heavy (non-hydrogen) atoms. The highest BCUT2D eigenvalue weighted by molar-refractivity contribution is 6.09. The van der Waals surface area contributed by atoms with Crippen LogP contribution >= 0.6 is 0 Å². The number of nitriles is 1. The van der Waals surface area contributed by atoms with E-state index < -0.39 is 0 Å². The monoisotopic (exact) mass is 256 g/mol. The molecule has 1 aromatic heterocycles. The van der Waals surface area contributed by atoms with E-state index in [9.17, 15) is 0 Å². The number of aryl methyl sites for hydroxylation is 1. The van der Waals surface area contributed by atoms with Crippen LogP contribution in [0.15, 0.2) is 30.0 Å². The Morgan fingerprint density at radius 3 is 2.74 bits per heavy atom. The molecule has 0 bridgehead atoms. The third kappa shape index (κ3) is 4.36. The van der Waals surface area contributed by atoms with Crippen molar-refractivity contribution in [3.63, 3.8) is 0 Å². The zero-order chi connectivity index (χ0) is 14.4. The lowest BCUT2D eigenvalue weighted by Gasteiger charge is -2.09. The molecule has 0 spiro atoms. The quantitative estimate of drug-likeness (QED) is 0.599. The summed E-state index contributed by atoms with van der Waals surface area (Å²) in [5, 5.41) is 8.56. The molecule has 0 aliphatic heterocycles. The Kier molecular flexibility index (Phi) is 4.95. The van der Waals surface area contributed by atoms with E-state index in [2.05, 4.69) is 28.1 Å². The number of ether oxygens (including phenoxy) is 1. The summed E-state index contributed by atoms with van der Waals surface area (Å²) in [7, 11) is 0. The average molecular weight is 256 g/mol. The van der Waals surface area contributed by atoms with E-state index in [0.29, 0.717) is 11.6 Å². The maximum atomic E-state index is 8.56. The normalized spacial score (nSPS) is 10.5.